The second-order valence-electron chi connectivity index (χ2n) is 11.0. The van der Waals surface area contributed by atoms with Crippen molar-refractivity contribution in [1.29, 1.82) is 0 Å². The van der Waals surface area contributed by atoms with Crippen molar-refractivity contribution in [2.45, 2.75) is 76.3 Å². The smallest absolute Gasteiger partial charge is 0.239 e. The molecular formula is C30H39N3O2. The van der Waals surface area contributed by atoms with Crippen molar-refractivity contribution in [3.05, 3.63) is 65.7 Å². The van der Waals surface area contributed by atoms with Crippen LogP contribution in [0.4, 0.5) is 5.69 Å². The Morgan fingerprint density at radius 1 is 0.914 bits per heavy atom. The van der Waals surface area contributed by atoms with Gasteiger partial charge in [-0.15, -0.1) is 0 Å². The predicted molar refractivity (Wildman–Crippen MR) is 141 cm³/mol. The predicted octanol–water partition coefficient (Wildman–Crippen LogP) is 4.79. The van der Waals surface area contributed by atoms with Gasteiger partial charge in [0.2, 0.25) is 11.8 Å². The monoisotopic (exact) mass is 473 g/mol. The summed E-state index contributed by atoms with van der Waals surface area (Å²) in [6, 6.07) is 18.9. The molecule has 3 aliphatic rings. The summed E-state index contributed by atoms with van der Waals surface area (Å²) < 4.78 is 0. The number of carbonyl (C=O) groups is 2. The van der Waals surface area contributed by atoms with Crippen molar-refractivity contribution < 1.29 is 9.59 Å². The van der Waals surface area contributed by atoms with Gasteiger partial charge in [0.15, 0.2) is 0 Å². The van der Waals surface area contributed by atoms with E-state index in [1.165, 1.54) is 24.8 Å². The molecule has 3 heterocycles. The van der Waals surface area contributed by atoms with Crippen molar-refractivity contribution in [3.8, 4) is 0 Å². The molecule has 5 heteroatoms. The fraction of sp³-hybridized carbons (Fsp3) is 0.533. The van der Waals surface area contributed by atoms with Crippen LogP contribution < -0.4 is 4.90 Å². The Morgan fingerprint density at radius 2 is 1.57 bits per heavy atom. The van der Waals surface area contributed by atoms with Crippen molar-refractivity contribution in [2.75, 3.05) is 31.1 Å². The number of hydrogen-bond donors (Lipinski definition) is 0. The number of aryl methyl sites for hydroxylation is 1. The number of fused-ring (bicyclic) bond motifs is 1. The van der Waals surface area contributed by atoms with Crippen LogP contribution in [0.15, 0.2) is 54.6 Å². The Morgan fingerprint density at radius 3 is 2.29 bits per heavy atom. The van der Waals surface area contributed by atoms with Gasteiger partial charge < -0.3 is 9.80 Å². The highest BCUT2D eigenvalue weighted by atomic mass is 16.2. The molecule has 3 aliphatic heterocycles. The molecule has 2 amide bonds. The van der Waals surface area contributed by atoms with E-state index in [1.54, 1.807) is 0 Å². The molecule has 0 radical (unpaired) electrons. The zero-order valence-corrected chi connectivity index (χ0v) is 21.3. The number of carbonyl (C=O) groups excluding carboxylic acids is 2. The summed E-state index contributed by atoms with van der Waals surface area (Å²) in [7, 11) is 0. The summed E-state index contributed by atoms with van der Waals surface area (Å²) >= 11 is 0. The third kappa shape index (κ3) is 4.75. The van der Waals surface area contributed by atoms with Crippen molar-refractivity contribution in [3.63, 3.8) is 0 Å². The fourth-order valence-electron chi connectivity index (χ4n) is 6.30. The van der Waals surface area contributed by atoms with Gasteiger partial charge >= 0.3 is 0 Å². The third-order valence-corrected chi connectivity index (χ3v) is 8.40. The number of para-hydroxylation sites is 1. The summed E-state index contributed by atoms with van der Waals surface area (Å²) in [6.45, 7) is 7.56. The average molecular weight is 474 g/mol. The summed E-state index contributed by atoms with van der Waals surface area (Å²) in [4.78, 5) is 33.7. The summed E-state index contributed by atoms with van der Waals surface area (Å²) in [6.07, 6.45) is 7.12. The molecule has 0 N–H and O–H groups in total. The van der Waals surface area contributed by atoms with Gasteiger partial charge in [0, 0.05) is 24.8 Å². The zero-order chi connectivity index (χ0) is 24.4. The molecule has 0 saturated carbocycles. The first-order chi connectivity index (χ1) is 17.0. The Balaban J connectivity index is 1.26. The maximum atomic E-state index is 13.8. The zero-order valence-electron chi connectivity index (χ0n) is 21.3. The molecule has 35 heavy (non-hydrogen) atoms. The van der Waals surface area contributed by atoms with E-state index < -0.39 is 5.41 Å². The van der Waals surface area contributed by atoms with Gasteiger partial charge in [-0.25, -0.2) is 0 Å². The molecule has 186 valence electrons. The SMILES string of the molecule is CC1(C)C(=O)N(C2CCN(C(=O)[C@H](CCc3ccccc3)N3CCCCC3)CC2)c2ccccc21. The third-order valence-electron chi connectivity index (χ3n) is 8.40. The average Bonchev–Trinajstić information content (AvgIpc) is 3.10. The molecule has 1 atom stereocenters. The van der Waals surface area contributed by atoms with E-state index in [0.29, 0.717) is 0 Å². The second kappa shape index (κ2) is 10.1. The second-order valence-corrected chi connectivity index (χ2v) is 11.0. The number of anilines is 1. The summed E-state index contributed by atoms with van der Waals surface area (Å²) in [5, 5.41) is 0. The minimum Gasteiger partial charge on any atom is -0.341 e. The van der Waals surface area contributed by atoms with Gasteiger partial charge in [0.1, 0.15) is 0 Å². The number of amides is 2. The van der Waals surface area contributed by atoms with E-state index in [0.717, 1.165) is 63.1 Å². The van der Waals surface area contributed by atoms with Crippen LogP contribution in [0.3, 0.4) is 0 Å². The molecule has 2 saturated heterocycles. The number of likely N-dealkylation sites (tertiary alicyclic amines) is 2. The van der Waals surface area contributed by atoms with Crippen molar-refractivity contribution in [1.82, 2.24) is 9.80 Å². The van der Waals surface area contributed by atoms with E-state index in [9.17, 15) is 9.59 Å². The lowest BCUT2D eigenvalue weighted by molar-refractivity contribution is -0.138. The van der Waals surface area contributed by atoms with Gasteiger partial charge in [-0.3, -0.25) is 14.5 Å². The molecule has 0 spiro atoms. The van der Waals surface area contributed by atoms with Gasteiger partial charge in [-0.05, 0) is 82.7 Å². The minimum absolute atomic E-state index is 0.0415. The topological polar surface area (TPSA) is 43.9 Å². The lowest BCUT2D eigenvalue weighted by Crippen LogP contribution is -2.55. The minimum atomic E-state index is -0.486. The summed E-state index contributed by atoms with van der Waals surface area (Å²) in [5.41, 5.74) is 2.99. The highest BCUT2D eigenvalue weighted by molar-refractivity contribution is 6.08. The normalized spacial score (nSPS) is 21.7. The van der Waals surface area contributed by atoms with Gasteiger partial charge in [0.25, 0.3) is 0 Å². The number of rotatable bonds is 6. The Bertz CT molecular complexity index is 1040. The Kier molecular flexibility index (Phi) is 6.97. The van der Waals surface area contributed by atoms with Gasteiger partial charge in [-0.1, -0.05) is 55.0 Å². The van der Waals surface area contributed by atoms with E-state index in [1.807, 2.05) is 36.9 Å². The Hall–Kier alpha value is -2.66. The van der Waals surface area contributed by atoms with Crippen LogP contribution in [-0.4, -0.2) is 59.9 Å². The molecule has 0 bridgehead atoms. The highest BCUT2D eigenvalue weighted by Crippen LogP contribution is 2.43. The van der Waals surface area contributed by atoms with Crippen molar-refractivity contribution in [2.24, 2.45) is 0 Å². The standard InChI is InChI=1S/C30H39N3O2/c1-30(2)25-13-7-8-14-26(25)33(29(30)35)24-17-21-32(22-18-24)28(34)27(31-19-9-4-10-20-31)16-15-23-11-5-3-6-12-23/h3,5-8,11-14,24,27H,4,9-10,15-22H2,1-2H3/t27-/m0/s1. The van der Waals surface area contributed by atoms with Crippen LogP contribution in [0, 0.1) is 0 Å². The maximum absolute atomic E-state index is 13.8. The number of benzene rings is 2. The lowest BCUT2D eigenvalue weighted by atomic mass is 9.86. The van der Waals surface area contributed by atoms with Crippen LogP contribution >= 0.6 is 0 Å². The molecule has 5 rings (SSSR count). The fourth-order valence-corrected chi connectivity index (χ4v) is 6.30. The molecule has 2 aromatic rings. The molecule has 2 aromatic carbocycles. The van der Waals surface area contributed by atoms with Crippen LogP contribution in [0.1, 0.15) is 63.5 Å². The first-order valence-corrected chi connectivity index (χ1v) is 13.5. The van der Waals surface area contributed by atoms with E-state index in [-0.39, 0.29) is 23.9 Å². The number of hydrogen-bond acceptors (Lipinski definition) is 3. The maximum Gasteiger partial charge on any atom is 0.239 e. The number of piperidine rings is 2. The van der Waals surface area contributed by atoms with Crippen LogP contribution in [0.5, 0.6) is 0 Å². The van der Waals surface area contributed by atoms with Crippen LogP contribution in [-0.2, 0) is 21.4 Å². The highest BCUT2D eigenvalue weighted by Gasteiger charge is 2.47. The molecule has 2 fully saturated rings. The first kappa shape index (κ1) is 24.1. The van der Waals surface area contributed by atoms with E-state index >= 15 is 0 Å². The van der Waals surface area contributed by atoms with Crippen LogP contribution in [0.2, 0.25) is 0 Å². The molecule has 0 aromatic heterocycles. The van der Waals surface area contributed by atoms with E-state index in [2.05, 4.69) is 46.2 Å². The Labute approximate surface area is 210 Å². The van der Waals surface area contributed by atoms with Crippen LogP contribution in [0.25, 0.3) is 0 Å². The van der Waals surface area contributed by atoms with E-state index in [4.69, 9.17) is 0 Å². The quantitative estimate of drug-likeness (QED) is 0.606. The van der Waals surface area contributed by atoms with Crippen molar-refractivity contribution >= 4 is 17.5 Å². The molecule has 0 unspecified atom stereocenters. The van der Waals surface area contributed by atoms with Gasteiger partial charge in [0.05, 0.1) is 11.5 Å². The molecule has 5 nitrogen and oxygen atoms in total. The van der Waals surface area contributed by atoms with Gasteiger partial charge in [-0.2, -0.15) is 0 Å². The lowest BCUT2D eigenvalue weighted by Gasteiger charge is -2.41. The largest absolute Gasteiger partial charge is 0.341 e. The first-order valence-electron chi connectivity index (χ1n) is 13.5. The molecular weight excluding hydrogens is 434 g/mol. The molecule has 0 aliphatic carbocycles. The number of nitrogens with zero attached hydrogens (tertiary/aromatic N) is 3. The summed E-state index contributed by atoms with van der Waals surface area (Å²) in [5.74, 6) is 0.479.